The molecule has 0 spiro atoms. The smallest absolute Gasteiger partial charge is 0.272 e. The summed E-state index contributed by atoms with van der Waals surface area (Å²) in [6.45, 7) is 0.873. The summed E-state index contributed by atoms with van der Waals surface area (Å²) in [7, 11) is 0. The molecular formula is C12H12ClN3O3. The fourth-order valence-corrected chi connectivity index (χ4v) is 1.75. The highest BCUT2D eigenvalue weighted by Crippen LogP contribution is 2.19. The van der Waals surface area contributed by atoms with Crippen LogP contribution in [-0.2, 0) is 9.59 Å². The molecule has 1 aromatic carbocycles. The molecular weight excluding hydrogens is 270 g/mol. The second kappa shape index (κ2) is 5.38. The van der Waals surface area contributed by atoms with E-state index in [1.165, 1.54) is 11.9 Å². The van der Waals surface area contributed by atoms with Crippen molar-refractivity contribution >= 4 is 34.8 Å². The monoisotopic (exact) mass is 281 g/mol. The highest BCUT2D eigenvalue weighted by molar-refractivity contribution is 6.39. The Morgan fingerprint density at radius 1 is 1.47 bits per heavy atom. The number of carbonyl (C=O) groups is 2. The number of nitrogens with zero attached hydrogens (tertiary/aromatic N) is 2. The number of aliphatic hydroxyl groups excluding tert-OH is 1. The van der Waals surface area contributed by atoms with Crippen molar-refractivity contribution in [2.75, 3.05) is 11.6 Å². The van der Waals surface area contributed by atoms with Gasteiger partial charge in [0.2, 0.25) is 0 Å². The van der Waals surface area contributed by atoms with Crippen molar-refractivity contribution in [1.29, 1.82) is 0 Å². The molecule has 1 aliphatic rings. The van der Waals surface area contributed by atoms with Gasteiger partial charge in [-0.15, -0.1) is 0 Å². The van der Waals surface area contributed by atoms with Crippen LogP contribution in [-0.4, -0.2) is 35.3 Å². The van der Waals surface area contributed by atoms with Gasteiger partial charge in [0, 0.05) is 11.9 Å². The highest BCUT2D eigenvalue weighted by Gasteiger charge is 2.31. The lowest BCUT2D eigenvalue weighted by Crippen LogP contribution is -2.57. The van der Waals surface area contributed by atoms with Crippen LogP contribution >= 0.6 is 11.6 Å². The van der Waals surface area contributed by atoms with Gasteiger partial charge < -0.3 is 5.11 Å². The van der Waals surface area contributed by atoms with E-state index in [4.69, 9.17) is 16.7 Å². The summed E-state index contributed by atoms with van der Waals surface area (Å²) in [4.78, 5) is 27.3. The number of amides is 1. The molecule has 0 radical (unpaired) electrons. The Hall–Kier alpha value is -1.92. The van der Waals surface area contributed by atoms with Crippen LogP contribution in [0.4, 0.5) is 5.69 Å². The number of nitrogens with one attached hydrogen (secondary N) is 1. The quantitative estimate of drug-likeness (QED) is 0.847. The highest BCUT2D eigenvalue weighted by atomic mass is 35.5. The molecule has 1 aromatic rings. The van der Waals surface area contributed by atoms with Crippen LogP contribution in [0.1, 0.15) is 6.92 Å². The number of anilines is 1. The molecule has 1 aliphatic heterocycles. The van der Waals surface area contributed by atoms with E-state index in [0.29, 0.717) is 10.7 Å². The van der Waals surface area contributed by atoms with Crippen LogP contribution in [0.3, 0.4) is 0 Å². The van der Waals surface area contributed by atoms with E-state index in [2.05, 4.69) is 10.4 Å². The normalized spacial score (nSPS) is 18.9. The number of ketones is 1. The van der Waals surface area contributed by atoms with E-state index in [-0.39, 0.29) is 11.6 Å². The van der Waals surface area contributed by atoms with Crippen molar-refractivity contribution in [2.45, 2.75) is 13.0 Å². The molecule has 2 N–H and O–H groups in total. The number of hydrogen-bond acceptors (Lipinski definition) is 5. The Balaban J connectivity index is 2.35. The summed E-state index contributed by atoms with van der Waals surface area (Å²) in [6, 6.07) is 5.53. The summed E-state index contributed by atoms with van der Waals surface area (Å²) in [5, 5.41) is 10.9. The number of amidine groups is 1. The number of carbonyl (C=O) groups excluding carboxylic acids is 2. The van der Waals surface area contributed by atoms with Gasteiger partial charge in [0.15, 0.2) is 17.7 Å². The first-order valence-electron chi connectivity index (χ1n) is 5.58. The molecule has 1 atom stereocenters. The van der Waals surface area contributed by atoms with Crippen molar-refractivity contribution in [1.82, 2.24) is 5.43 Å². The lowest BCUT2D eigenvalue weighted by molar-refractivity contribution is -0.121. The van der Waals surface area contributed by atoms with Gasteiger partial charge in [-0.2, -0.15) is 0 Å². The van der Waals surface area contributed by atoms with E-state index in [9.17, 15) is 9.59 Å². The largest absolute Gasteiger partial charge is 0.394 e. The molecule has 0 aromatic heterocycles. The number of rotatable bonds is 3. The minimum Gasteiger partial charge on any atom is -0.394 e. The molecule has 0 bridgehead atoms. The SMILES string of the molecule is CC(=O)C1=NC(CO)C(=O)N(c2ccc(Cl)cc2)N1. The van der Waals surface area contributed by atoms with Crippen LogP contribution in [0.15, 0.2) is 29.3 Å². The van der Waals surface area contributed by atoms with Gasteiger partial charge in [-0.1, -0.05) is 11.6 Å². The Morgan fingerprint density at radius 3 is 2.63 bits per heavy atom. The van der Waals surface area contributed by atoms with Gasteiger partial charge >= 0.3 is 0 Å². The third-order valence-electron chi connectivity index (χ3n) is 2.60. The summed E-state index contributed by atoms with van der Waals surface area (Å²) in [5.74, 6) is -0.715. The lowest BCUT2D eigenvalue weighted by atomic mass is 10.2. The van der Waals surface area contributed by atoms with Crippen molar-refractivity contribution in [3.05, 3.63) is 29.3 Å². The van der Waals surface area contributed by atoms with Gasteiger partial charge in [-0.3, -0.25) is 15.0 Å². The van der Waals surface area contributed by atoms with Crippen molar-refractivity contribution in [3.63, 3.8) is 0 Å². The van der Waals surface area contributed by atoms with Gasteiger partial charge in [0.25, 0.3) is 5.91 Å². The van der Waals surface area contributed by atoms with Crippen LogP contribution in [0.5, 0.6) is 0 Å². The van der Waals surface area contributed by atoms with Crippen LogP contribution < -0.4 is 10.4 Å². The maximum absolute atomic E-state index is 12.1. The number of Topliss-reactive ketones (excluding diaryl/α,β-unsaturated/α-hetero) is 1. The predicted octanol–water partition coefficient (Wildman–Crippen LogP) is 0.540. The molecule has 0 saturated heterocycles. The third kappa shape index (κ3) is 2.74. The molecule has 0 saturated carbocycles. The fraction of sp³-hybridized carbons (Fsp3) is 0.250. The number of halogens is 1. The molecule has 1 heterocycles. The molecule has 19 heavy (non-hydrogen) atoms. The van der Waals surface area contributed by atoms with Crippen molar-refractivity contribution < 1.29 is 14.7 Å². The summed E-state index contributed by atoms with van der Waals surface area (Å²) in [5.41, 5.74) is 3.15. The zero-order valence-corrected chi connectivity index (χ0v) is 10.9. The first kappa shape index (κ1) is 13.5. The number of aliphatic hydroxyl groups is 1. The number of hydrogen-bond donors (Lipinski definition) is 2. The molecule has 1 unspecified atom stereocenters. The topological polar surface area (TPSA) is 82.0 Å². The van der Waals surface area contributed by atoms with Crippen LogP contribution in [0.2, 0.25) is 5.02 Å². The Morgan fingerprint density at radius 2 is 2.11 bits per heavy atom. The summed E-state index contributed by atoms with van der Waals surface area (Å²) < 4.78 is 0. The minimum absolute atomic E-state index is 0.0357. The zero-order valence-electron chi connectivity index (χ0n) is 10.1. The average molecular weight is 282 g/mol. The number of aliphatic imine (C=N–C) groups is 1. The minimum atomic E-state index is -0.976. The second-order valence-electron chi connectivity index (χ2n) is 3.99. The first-order chi connectivity index (χ1) is 9.02. The average Bonchev–Trinajstić information content (AvgIpc) is 2.40. The van der Waals surface area contributed by atoms with Gasteiger partial charge in [0.1, 0.15) is 0 Å². The van der Waals surface area contributed by atoms with Gasteiger partial charge in [0.05, 0.1) is 12.3 Å². The van der Waals surface area contributed by atoms with Gasteiger partial charge in [-0.25, -0.2) is 10.0 Å². The standard InChI is InChI=1S/C12H12ClN3O3/c1-7(18)11-14-10(6-17)12(19)16(15-11)9-4-2-8(13)3-5-9/h2-5,10,17H,6H2,1H3,(H,14,15). The second-order valence-corrected chi connectivity index (χ2v) is 4.43. The maximum atomic E-state index is 12.1. The zero-order chi connectivity index (χ0) is 14.0. The Kier molecular flexibility index (Phi) is 3.82. The maximum Gasteiger partial charge on any atom is 0.272 e. The van der Waals surface area contributed by atoms with E-state index in [1.807, 2.05) is 0 Å². The molecule has 0 fully saturated rings. The number of benzene rings is 1. The molecule has 7 heteroatoms. The molecule has 100 valence electrons. The van der Waals surface area contributed by atoms with E-state index >= 15 is 0 Å². The van der Waals surface area contributed by atoms with Crippen molar-refractivity contribution in [3.8, 4) is 0 Å². The molecule has 0 aliphatic carbocycles. The van der Waals surface area contributed by atoms with E-state index in [0.717, 1.165) is 0 Å². The molecule has 2 rings (SSSR count). The third-order valence-corrected chi connectivity index (χ3v) is 2.85. The summed E-state index contributed by atoms with van der Waals surface area (Å²) >= 11 is 5.78. The first-order valence-corrected chi connectivity index (χ1v) is 5.96. The molecule has 1 amide bonds. The van der Waals surface area contributed by atoms with E-state index < -0.39 is 18.6 Å². The predicted molar refractivity (Wildman–Crippen MR) is 71.1 cm³/mol. The lowest BCUT2D eigenvalue weighted by Gasteiger charge is -2.30. The van der Waals surface area contributed by atoms with Crippen molar-refractivity contribution in [2.24, 2.45) is 4.99 Å². The van der Waals surface area contributed by atoms with Crippen LogP contribution in [0.25, 0.3) is 0 Å². The van der Waals surface area contributed by atoms with E-state index in [1.54, 1.807) is 24.3 Å². The fourth-order valence-electron chi connectivity index (χ4n) is 1.62. The van der Waals surface area contributed by atoms with Crippen LogP contribution in [0, 0.1) is 0 Å². The van der Waals surface area contributed by atoms with Gasteiger partial charge in [-0.05, 0) is 24.3 Å². The summed E-state index contributed by atoms with van der Waals surface area (Å²) in [6.07, 6.45) is 0. The Labute approximate surface area is 114 Å². The Bertz CT molecular complexity index is 542. The molecule has 6 nitrogen and oxygen atoms in total. The number of hydrazine groups is 1.